The average Bonchev–Trinajstić information content (AvgIpc) is 2.85. The highest BCUT2D eigenvalue weighted by Crippen LogP contribution is 2.32. The SMILES string of the molecule is CCn1cncc1C1C(C(=O)O)OCC(=O)N1C(C)C. The molecule has 1 aromatic heterocycles. The van der Waals surface area contributed by atoms with Crippen molar-refractivity contribution >= 4 is 11.9 Å². The molecule has 7 nitrogen and oxygen atoms in total. The minimum absolute atomic E-state index is 0.113. The van der Waals surface area contributed by atoms with Crippen LogP contribution in [0.25, 0.3) is 0 Å². The second-order valence-electron chi connectivity index (χ2n) is 5.01. The van der Waals surface area contributed by atoms with Crippen molar-refractivity contribution in [2.75, 3.05) is 6.61 Å². The summed E-state index contributed by atoms with van der Waals surface area (Å²) in [6, 6.07) is -0.769. The van der Waals surface area contributed by atoms with E-state index in [4.69, 9.17) is 4.74 Å². The van der Waals surface area contributed by atoms with Gasteiger partial charge in [-0.05, 0) is 20.8 Å². The predicted molar refractivity (Wildman–Crippen MR) is 70.0 cm³/mol. The maximum Gasteiger partial charge on any atom is 0.335 e. The molecule has 0 radical (unpaired) electrons. The number of nitrogens with zero attached hydrogens (tertiary/aromatic N) is 3. The van der Waals surface area contributed by atoms with Gasteiger partial charge in [-0.1, -0.05) is 0 Å². The number of hydrogen-bond acceptors (Lipinski definition) is 4. The number of morpholine rings is 1. The Balaban J connectivity index is 2.48. The Kier molecular flexibility index (Phi) is 4.08. The first-order valence-corrected chi connectivity index (χ1v) is 6.63. The summed E-state index contributed by atoms with van der Waals surface area (Å²) >= 11 is 0. The predicted octanol–water partition coefficient (Wildman–Crippen LogP) is 0.664. The molecule has 1 saturated heterocycles. The van der Waals surface area contributed by atoms with Crippen molar-refractivity contribution in [1.29, 1.82) is 0 Å². The third-order valence-corrected chi connectivity index (χ3v) is 3.45. The number of aryl methyl sites for hydroxylation is 1. The number of ether oxygens (including phenoxy) is 1. The van der Waals surface area contributed by atoms with Crippen molar-refractivity contribution in [3.05, 3.63) is 18.2 Å². The van der Waals surface area contributed by atoms with Gasteiger partial charge in [-0.25, -0.2) is 9.78 Å². The number of imidazole rings is 1. The lowest BCUT2D eigenvalue weighted by Crippen LogP contribution is -2.54. The van der Waals surface area contributed by atoms with Crippen LogP contribution in [0.2, 0.25) is 0 Å². The first-order chi connectivity index (χ1) is 9.47. The summed E-state index contributed by atoms with van der Waals surface area (Å²) in [5.41, 5.74) is 0.682. The molecule has 2 rings (SSSR count). The third-order valence-electron chi connectivity index (χ3n) is 3.45. The third kappa shape index (κ3) is 2.40. The van der Waals surface area contributed by atoms with E-state index >= 15 is 0 Å². The van der Waals surface area contributed by atoms with Crippen molar-refractivity contribution in [3.8, 4) is 0 Å². The molecular weight excluding hydrogens is 262 g/mol. The highest BCUT2D eigenvalue weighted by Gasteiger charge is 2.44. The lowest BCUT2D eigenvalue weighted by Gasteiger charge is -2.41. The second kappa shape index (κ2) is 5.62. The Hall–Kier alpha value is -1.89. The van der Waals surface area contributed by atoms with E-state index in [1.54, 1.807) is 17.4 Å². The zero-order valence-electron chi connectivity index (χ0n) is 11.8. The number of aromatic nitrogens is 2. The van der Waals surface area contributed by atoms with E-state index in [0.717, 1.165) is 0 Å². The molecule has 2 atom stereocenters. The minimum atomic E-state index is -1.07. The van der Waals surface area contributed by atoms with E-state index in [-0.39, 0.29) is 18.6 Å². The first-order valence-electron chi connectivity index (χ1n) is 6.63. The molecule has 2 unspecified atom stereocenters. The molecular formula is C13H19N3O4. The van der Waals surface area contributed by atoms with Gasteiger partial charge in [-0.3, -0.25) is 4.79 Å². The number of hydrogen-bond donors (Lipinski definition) is 1. The highest BCUT2D eigenvalue weighted by atomic mass is 16.5. The summed E-state index contributed by atoms with van der Waals surface area (Å²) in [4.78, 5) is 29.2. The van der Waals surface area contributed by atoms with Crippen LogP contribution in [0.1, 0.15) is 32.5 Å². The topological polar surface area (TPSA) is 84.7 Å². The maximum atomic E-state index is 12.1. The molecule has 0 spiro atoms. The molecule has 0 saturated carbocycles. The Morgan fingerprint density at radius 3 is 2.85 bits per heavy atom. The summed E-state index contributed by atoms with van der Waals surface area (Å²) < 4.78 is 7.07. The molecule has 110 valence electrons. The molecule has 1 aromatic rings. The quantitative estimate of drug-likeness (QED) is 0.876. The summed E-state index contributed by atoms with van der Waals surface area (Å²) in [6.45, 7) is 6.11. The molecule has 0 aliphatic carbocycles. The van der Waals surface area contributed by atoms with Crippen LogP contribution in [-0.4, -0.2) is 50.2 Å². The van der Waals surface area contributed by atoms with Gasteiger partial charge in [0.15, 0.2) is 6.10 Å². The van der Waals surface area contributed by atoms with E-state index in [9.17, 15) is 14.7 Å². The summed E-state index contributed by atoms with van der Waals surface area (Å²) in [5, 5.41) is 9.36. The van der Waals surface area contributed by atoms with E-state index in [0.29, 0.717) is 12.2 Å². The number of rotatable bonds is 4. The molecule has 1 N–H and O–H groups in total. The number of carbonyl (C=O) groups excluding carboxylic acids is 1. The zero-order chi connectivity index (χ0) is 14.9. The molecule has 1 aliphatic rings. The Morgan fingerprint density at radius 1 is 1.60 bits per heavy atom. The minimum Gasteiger partial charge on any atom is -0.479 e. The first kappa shape index (κ1) is 14.5. The number of carboxylic acids is 1. The number of carbonyl (C=O) groups is 2. The normalized spacial score (nSPS) is 23.4. The maximum absolute atomic E-state index is 12.1. The lowest BCUT2D eigenvalue weighted by atomic mass is 10.0. The van der Waals surface area contributed by atoms with Crippen molar-refractivity contribution in [1.82, 2.24) is 14.5 Å². The van der Waals surface area contributed by atoms with Crippen molar-refractivity contribution in [2.24, 2.45) is 0 Å². The Labute approximate surface area is 117 Å². The average molecular weight is 281 g/mol. The fourth-order valence-electron chi connectivity index (χ4n) is 2.58. The van der Waals surface area contributed by atoms with E-state index in [1.165, 1.54) is 0 Å². The van der Waals surface area contributed by atoms with Gasteiger partial charge in [0.2, 0.25) is 5.91 Å². The van der Waals surface area contributed by atoms with E-state index in [2.05, 4.69) is 4.98 Å². The highest BCUT2D eigenvalue weighted by molar-refractivity contribution is 5.83. The van der Waals surface area contributed by atoms with Gasteiger partial charge >= 0.3 is 5.97 Å². The second-order valence-corrected chi connectivity index (χ2v) is 5.01. The number of aliphatic carboxylic acids is 1. The van der Waals surface area contributed by atoms with Crippen LogP contribution in [0, 0.1) is 0 Å². The van der Waals surface area contributed by atoms with Gasteiger partial charge in [0, 0.05) is 12.6 Å². The van der Waals surface area contributed by atoms with Crippen LogP contribution >= 0.6 is 0 Å². The van der Waals surface area contributed by atoms with Crippen LogP contribution in [0.5, 0.6) is 0 Å². The molecule has 0 bridgehead atoms. The van der Waals surface area contributed by atoms with Gasteiger partial charge in [0.05, 0.1) is 18.2 Å². The summed E-state index contributed by atoms with van der Waals surface area (Å²) in [7, 11) is 0. The van der Waals surface area contributed by atoms with Gasteiger partial charge < -0.3 is 19.3 Å². The van der Waals surface area contributed by atoms with Crippen LogP contribution in [0.15, 0.2) is 12.5 Å². The number of amides is 1. The van der Waals surface area contributed by atoms with Crippen LogP contribution in [-0.2, 0) is 20.9 Å². The molecule has 20 heavy (non-hydrogen) atoms. The molecule has 1 fully saturated rings. The van der Waals surface area contributed by atoms with Gasteiger partial charge in [0.25, 0.3) is 0 Å². The summed E-state index contributed by atoms with van der Waals surface area (Å²) in [5.74, 6) is -1.27. The van der Waals surface area contributed by atoms with Gasteiger partial charge in [0.1, 0.15) is 12.6 Å². The largest absolute Gasteiger partial charge is 0.479 e. The van der Waals surface area contributed by atoms with Gasteiger partial charge in [-0.2, -0.15) is 0 Å². The molecule has 7 heteroatoms. The number of carboxylic acid groups (broad SMARTS) is 1. The van der Waals surface area contributed by atoms with Crippen molar-refractivity contribution < 1.29 is 19.4 Å². The molecule has 2 heterocycles. The smallest absolute Gasteiger partial charge is 0.335 e. The standard InChI is InChI=1S/C13H19N3O4/c1-4-15-7-14-5-9(15)11-12(13(18)19)20-6-10(17)16(11)8(2)3/h5,7-8,11-12H,4,6H2,1-3H3,(H,18,19). The van der Waals surface area contributed by atoms with E-state index in [1.807, 2.05) is 25.3 Å². The van der Waals surface area contributed by atoms with Crippen LogP contribution in [0.3, 0.4) is 0 Å². The van der Waals surface area contributed by atoms with Crippen molar-refractivity contribution in [2.45, 2.75) is 45.5 Å². The molecule has 1 amide bonds. The molecule has 1 aliphatic heterocycles. The summed E-state index contributed by atoms with van der Waals surface area (Å²) in [6.07, 6.45) is 2.16. The Morgan fingerprint density at radius 2 is 2.30 bits per heavy atom. The van der Waals surface area contributed by atoms with E-state index < -0.39 is 18.1 Å². The lowest BCUT2D eigenvalue weighted by molar-refractivity contribution is -0.175. The van der Waals surface area contributed by atoms with Gasteiger partial charge in [-0.15, -0.1) is 0 Å². The van der Waals surface area contributed by atoms with Crippen molar-refractivity contribution in [3.63, 3.8) is 0 Å². The monoisotopic (exact) mass is 281 g/mol. The fraction of sp³-hybridized carbons (Fsp3) is 0.615. The van der Waals surface area contributed by atoms with Crippen LogP contribution < -0.4 is 0 Å². The fourth-order valence-corrected chi connectivity index (χ4v) is 2.58. The zero-order valence-corrected chi connectivity index (χ0v) is 11.8. The molecule has 0 aromatic carbocycles. The Bertz CT molecular complexity index is 511. The van der Waals surface area contributed by atoms with Crippen LogP contribution in [0.4, 0.5) is 0 Å².